The molecule has 168 valence electrons. The van der Waals surface area contributed by atoms with E-state index in [0.29, 0.717) is 18.2 Å². The van der Waals surface area contributed by atoms with Crippen molar-refractivity contribution in [3.8, 4) is 5.75 Å². The van der Waals surface area contributed by atoms with Crippen LogP contribution in [0, 0.1) is 0 Å². The van der Waals surface area contributed by atoms with Gasteiger partial charge in [0.2, 0.25) is 0 Å². The number of pyridine rings is 1. The van der Waals surface area contributed by atoms with Crippen LogP contribution in [0.5, 0.6) is 5.75 Å². The lowest BCUT2D eigenvalue weighted by Crippen LogP contribution is -2.45. The summed E-state index contributed by atoms with van der Waals surface area (Å²) in [5.41, 5.74) is 1.85. The molecule has 7 nitrogen and oxygen atoms in total. The topological polar surface area (TPSA) is 77.7 Å². The largest absolute Gasteiger partial charge is 0.497 e. The van der Waals surface area contributed by atoms with E-state index in [2.05, 4.69) is 22.1 Å². The Kier molecular flexibility index (Phi) is 6.75. The van der Waals surface area contributed by atoms with Crippen LogP contribution in [-0.4, -0.2) is 53.6 Å². The van der Waals surface area contributed by atoms with E-state index in [1.54, 1.807) is 12.0 Å². The number of hydrogen-bond acceptors (Lipinski definition) is 4. The molecule has 4 rings (SSSR count). The zero-order valence-corrected chi connectivity index (χ0v) is 18.6. The molecule has 2 N–H and O–H groups in total. The number of hydrogen-bond donors (Lipinski definition) is 2. The number of rotatable bonds is 7. The second-order valence-electron chi connectivity index (χ2n) is 8.18. The van der Waals surface area contributed by atoms with Gasteiger partial charge in [-0.2, -0.15) is 0 Å². The number of likely N-dealkylation sites (N-methyl/N-ethyl adjacent to an activating group) is 1. The molecule has 1 atom stereocenters. The monoisotopic (exact) mass is 434 g/mol. The van der Waals surface area contributed by atoms with Gasteiger partial charge in [-0.15, -0.1) is 0 Å². The molecule has 1 aromatic heterocycles. The van der Waals surface area contributed by atoms with E-state index in [1.165, 1.54) is 0 Å². The van der Waals surface area contributed by atoms with Gasteiger partial charge in [0.1, 0.15) is 5.75 Å². The van der Waals surface area contributed by atoms with E-state index in [9.17, 15) is 9.59 Å². The molecule has 1 saturated heterocycles. The van der Waals surface area contributed by atoms with Gasteiger partial charge < -0.3 is 19.9 Å². The van der Waals surface area contributed by atoms with Crippen molar-refractivity contribution in [3.63, 3.8) is 0 Å². The minimum Gasteiger partial charge on any atom is -0.497 e. The Balaban J connectivity index is 1.62. The summed E-state index contributed by atoms with van der Waals surface area (Å²) in [5, 5.41) is 3.85. The summed E-state index contributed by atoms with van der Waals surface area (Å²) < 4.78 is 5.32. The van der Waals surface area contributed by atoms with Gasteiger partial charge in [0.25, 0.3) is 5.56 Å². The molecule has 0 radical (unpaired) electrons. The fraction of sp³-hybridized carbons (Fsp3) is 0.360. The maximum atomic E-state index is 13.2. The molecule has 2 aromatic carbocycles. The van der Waals surface area contributed by atoms with Crippen LogP contribution in [-0.2, 0) is 6.54 Å². The average molecular weight is 435 g/mol. The molecule has 7 heteroatoms. The second kappa shape index (κ2) is 9.87. The number of ether oxygens (including phenoxy) is 1. The van der Waals surface area contributed by atoms with Gasteiger partial charge in [-0.1, -0.05) is 25.1 Å². The zero-order chi connectivity index (χ0) is 22.5. The van der Waals surface area contributed by atoms with Gasteiger partial charge in [0, 0.05) is 34.7 Å². The van der Waals surface area contributed by atoms with E-state index in [1.807, 2.05) is 54.6 Å². The number of para-hydroxylation sites is 1. The first-order chi connectivity index (χ1) is 15.6. The molecule has 3 aromatic rings. The Bertz CT molecular complexity index is 1130. The van der Waals surface area contributed by atoms with Gasteiger partial charge in [-0.3, -0.25) is 9.69 Å². The Hall–Kier alpha value is -3.32. The van der Waals surface area contributed by atoms with Crippen molar-refractivity contribution in [3.05, 3.63) is 70.5 Å². The van der Waals surface area contributed by atoms with Crippen LogP contribution in [0.2, 0.25) is 0 Å². The molecule has 2 amide bonds. The molecule has 32 heavy (non-hydrogen) atoms. The summed E-state index contributed by atoms with van der Waals surface area (Å²) in [7, 11) is 1.62. The first-order valence-corrected chi connectivity index (χ1v) is 11.1. The van der Waals surface area contributed by atoms with Crippen molar-refractivity contribution in [2.24, 2.45) is 0 Å². The van der Waals surface area contributed by atoms with Crippen molar-refractivity contribution >= 4 is 22.6 Å². The van der Waals surface area contributed by atoms with Gasteiger partial charge in [-0.25, -0.2) is 4.79 Å². The average Bonchev–Trinajstić information content (AvgIpc) is 3.26. The molecule has 1 unspecified atom stereocenters. The smallest absolute Gasteiger partial charge is 0.322 e. The Morgan fingerprint density at radius 3 is 2.78 bits per heavy atom. The third kappa shape index (κ3) is 4.94. The minimum absolute atomic E-state index is 0.182. The third-order valence-corrected chi connectivity index (χ3v) is 6.14. The summed E-state index contributed by atoms with van der Waals surface area (Å²) >= 11 is 0. The molecule has 1 aliphatic heterocycles. The quantitative estimate of drug-likeness (QED) is 0.588. The van der Waals surface area contributed by atoms with Gasteiger partial charge in [-0.05, 0) is 62.3 Å². The van der Waals surface area contributed by atoms with Crippen LogP contribution in [0.3, 0.4) is 0 Å². The van der Waals surface area contributed by atoms with Crippen molar-refractivity contribution in [2.75, 3.05) is 32.1 Å². The van der Waals surface area contributed by atoms with Crippen molar-refractivity contribution in [1.82, 2.24) is 14.8 Å². The maximum absolute atomic E-state index is 13.2. The third-order valence-electron chi connectivity index (χ3n) is 6.14. The number of anilines is 1. The number of nitrogens with one attached hydrogen (secondary N) is 2. The van der Waals surface area contributed by atoms with Gasteiger partial charge in [0.15, 0.2) is 0 Å². The molecule has 1 aliphatic rings. The molecule has 0 saturated carbocycles. The Labute approximate surface area is 188 Å². The summed E-state index contributed by atoms with van der Waals surface area (Å²) in [4.78, 5) is 33.1. The highest BCUT2D eigenvalue weighted by Crippen LogP contribution is 2.21. The van der Waals surface area contributed by atoms with Gasteiger partial charge >= 0.3 is 6.03 Å². The van der Waals surface area contributed by atoms with E-state index in [0.717, 1.165) is 48.3 Å². The van der Waals surface area contributed by atoms with Crippen LogP contribution in [0.4, 0.5) is 10.5 Å². The number of carbonyl (C=O) groups excluding carboxylic acids is 1. The Morgan fingerprint density at radius 2 is 2.03 bits per heavy atom. The number of carbonyl (C=O) groups is 1. The molecular formula is C25H30N4O3. The zero-order valence-electron chi connectivity index (χ0n) is 18.6. The second-order valence-corrected chi connectivity index (χ2v) is 8.18. The predicted octanol–water partition coefficient (Wildman–Crippen LogP) is 4.06. The number of aromatic amines is 1. The molecule has 2 heterocycles. The van der Waals surface area contributed by atoms with Gasteiger partial charge in [0.05, 0.1) is 13.7 Å². The van der Waals surface area contributed by atoms with Crippen LogP contribution in [0.15, 0.2) is 59.4 Å². The fourth-order valence-electron chi connectivity index (χ4n) is 4.40. The van der Waals surface area contributed by atoms with E-state index in [-0.39, 0.29) is 18.1 Å². The standard InChI is InChI=1S/C25H30N4O3/c1-3-28-13-7-10-21(28)17-29(25(31)26-20-8-5-4-6-9-20)16-19-14-18-15-22(32-2)11-12-23(18)27-24(19)30/h4-6,8-9,11-12,14-15,21H,3,7,10,13,16-17H2,1-2H3,(H,26,31)(H,27,30). The highest BCUT2D eigenvalue weighted by molar-refractivity contribution is 5.89. The van der Waals surface area contributed by atoms with Crippen molar-refractivity contribution in [2.45, 2.75) is 32.4 Å². The number of benzene rings is 2. The predicted molar refractivity (Wildman–Crippen MR) is 127 cm³/mol. The highest BCUT2D eigenvalue weighted by atomic mass is 16.5. The number of likely N-dealkylation sites (tertiary alicyclic amines) is 1. The number of H-pyrrole nitrogens is 1. The lowest BCUT2D eigenvalue weighted by Gasteiger charge is -2.30. The van der Waals surface area contributed by atoms with Crippen LogP contribution < -0.4 is 15.6 Å². The number of urea groups is 1. The molecular weight excluding hydrogens is 404 g/mol. The Morgan fingerprint density at radius 1 is 1.22 bits per heavy atom. The summed E-state index contributed by atoms with van der Waals surface area (Å²) in [5.74, 6) is 0.721. The number of amides is 2. The molecule has 0 aliphatic carbocycles. The van der Waals surface area contributed by atoms with Crippen LogP contribution in [0.1, 0.15) is 25.3 Å². The normalized spacial score (nSPS) is 16.2. The summed E-state index contributed by atoms with van der Waals surface area (Å²) in [6, 6.07) is 16.9. The van der Waals surface area contributed by atoms with E-state index >= 15 is 0 Å². The maximum Gasteiger partial charge on any atom is 0.322 e. The van der Waals surface area contributed by atoms with E-state index < -0.39 is 0 Å². The SMILES string of the molecule is CCN1CCCC1CN(Cc1cc2cc(OC)ccc2[nH]c1=O)C(=O)Nc1ccccc1. The first kappa shape index (κ1) is 21.9. The highest BCUT2D eigenvalue weighted by Gasteiger charge is 2.27. The number of aromatic nitrogens is 1. The number of methoxy groups -OCH3 is 1. The first-order valence-electron chi connectivity index (χ1n) is 11.1. The molecule has 0 bridgehead atoms. The number of nitrogens with zero attached hydrogens (tertiary/aromatic N) is 2. The lowest BCUT2D eigenvalue weighted by molar-refractivity contribution is 0.174. The van der Waals surface area contributed by atoms with Crippen molar-refractivity contribution < 1.29 is 9.53 Å². The molecule has 1 fully saturated rings. The summed E-state index contributed by atoms with van der Waals surface area (Å²) in [6.45, 7) is 4.95. The lowest BCUT2D eigenvalue weighted by atomic mass is 10.1. The molecule has 0 spiro atoms. The minimum atomic E-state index is -0.204. The van der Waals surface area contributed by atoms with Crippen molar-refractivity contribution in [1.29, 1.82) is 0 Å². The van der Waals surface area contributed by atoms with E-state index in [4.69, 9.17) is 4.74 Å². The summed E-state index contributed by atoms with van der Waals surface area (Å²) in [6.07, 6.45) is 2.18. The number of fused-ring (bicyclic) bond motifs is 1. The van der Waals surface area contributed by atoms with Crippen LogP contribution >= 0.6 is 0 Å². The van der Waals surface area contributed by atoms with Crippen LogP contribution in [0.25, 0.3) is 10.9 Å². The fourth-order valence-corrected chi connectivity index (χ4v) is 4.40.